The molecule has 31 heavy (non-hydrogen) atoms. The monoisotopic (exact) mass is 430 g/mol. The van der Waals surface area contributed by atoms with Crippen molar-refractivity contribution in [2.24, 2.45) is 5.14 Å². The van der Waals surface area contributed by atoms with Gasteiger partial charge in [0.1, 0.15) is 11.5 Å². The molecule has 1 atom stereocenters. The van der Waals surface area contributed by atoms with Gasteiger partial charge in [0.05, 0.1) is 10.8 Å². The Hall–Kier alpha value is -3.68. The predicted octanol–water partition coefficient (Wildman–Crippen LogP) is 4.36. The van der Waals surface area contributed by atoms with Crippen molar-refractivity contribution >= 4 is 32.4 Å². The summed E-state index contributed by atoms with van der Waals surface area (Å²) in [5, 5.41) is 10.2. The van der Waals surface area contributed by atoms with E-state index in [9.17, 15) is 13.2 Å². The zero-order chi connectivity index (χ0) is 21.6. The summed E-state index contributed by atoms with van der Waals surface area (Å²) in [6.45, 7) is 0. The normalized spacial score (nSPS) is 15.5. The number of amides is 1. The molecule has 1 unspecified atom stereocenters. The summed E-state index contributed by atoms with van der Waals surface area (Å²) in [6, 6.07) is 25.5. The number of anilines is 1. The summed E-state index contributed by atoms with van der Waals surface area (Å²) in [7, 11) is -3.98. The van der Waals surface area contributed by atoms with E-state index in [0.29, 0.717) is 22.6 Å². The van der Waals surface area contributed by atoms with Crippen molar-refractivity contribution in [3.63, 3.8) is 0 Å². The number of carbonyl (C=O) groups is 1. The van der Waals surface area contributed by atoms with Crippen LogP contribution in [0.1, 0.15) is 17.0 Å². The van der Waals surface area contributed by atoms with Crippen LogP contribution in [0.5, 0.6) is 11.5 Å². The number of benzene rings is 4. The molecule has 0 bridgehead atoms. The molecule has 0 saturated heterocycles. The smallest absolute Gasteiger partial charge is 0.238 e. The molecule has 6 nitrogen and oxygen atoms in total. The van der Waals surface area contributed by atoms with E-state index in [2.05, 4.69) is 5.32 Å². The fourth-order valence-electron chi connectivity index (χ4n) is 3.99. The van der Waals surface area contributed by atoms with Gasteiger partial charge in [-0.2, -0.15) is 0 Å². The summed E-state index contributed by atoms with van der Waals surface area (Å²) < 4.78 is 30.2. The van der Waals surface area contributed by atoms with Crippen LogP contribution in [-0.2, 0) is 14.8 Å². The lowest BCUT2D eigenvalue weighted by molar-refractivity contribution is -0.116. The fraction of sp³-hybridized carbons (Fsp3) is 0.0417. The van der Waals surface area contributed by atoms with Crippen molar-refractivity contribution < 1.29 is 17.9 Å². The van der Waals surface area contributed by atoms with Crippen LogP contribution in [0.4, 0.5) is 5.69 Å². The van der Waals surface area contributed by atoms with E-state index in [1.807, 2.05) is 42.5 Å². The molecular formula is C24H18N2O4S. The Balaban J connectivity index is 1.50. The molecule has 154 valence electrons. The van der Waals surface area contributed by atoms with Gasteiger partial charge in [-0.25, -0.2) is 13.6 Å². The largest absolute Gasteiger partial charge is 0.457 e. The Kier molecular flexibility index (Phi) is 4.50. The second-order valence-electron chi connectivity index (χ2n) is 7.33. The molecule has 0 aromatic heterocycles. The third-order valence-corrected chi connectivity index (χ3v) is 6.34. The predicted molar refractivity (Wildman–Crippen MR) is 119 cm³/mol. The topological polar surface area (TPSA) is 98.5 Å². The van der Waals surface area contributed by atoms with E-state index in [1.165, 1.54) is 6.07 Å². The standard InChI is InChI=1S/C24H18N2O4S/c25-31(28,29)21-10-4-8-19-23(21)22(24(27)26-19)16-11-13-17(14-12-16)30-20-9-3-6-15-5-1-2-7-18(15)20/h1-14,22H,(H,26,27)(H2,25,28,29). The highest BCUT2D eigenvalue weighted by atomic mass is 32.2. The number of primary sulfonamides is 1. The van der Waals surface area contributed by atoms with Crippen molar-refractivity contribution in [2.75, 3.05) is 5.32 Å². The van der Waals surface area contributed by atoms with Crippen LogP contribution >= 0.6 is 0 Å². The number of ether oxygens (including phenoxy) is 1. The van der Waals surface area contributed by atoms with Gasteiger partial charge < -0.3 is 10.1 Å². The quantitative estimate of drug-likeness (QED) is 0.502. The average molecular weight is 430 g/mol. The van der Waals surface area contributed by atoms with Gasteiger partial charge in [0, 0.05) is 16.6 Å². The van der Waals surface area contributed by atoms with E-state index in [1.54, 1.807) is 36.4 Å². The molecule has 0 spiro atoms. The van der Waals surface area contributed by atoms with E-state index in [0.717, 1.165) is 16.5 Å². The number of nitrogens with two attached hydrogens (primary N) is 1. The van der Waals surface area contributed by atoms with E-state index < -0.39 is 15.9 Å². The summed E-state index contributed by atoms with van der Waals surface area (Å²) in [5.74, 6) is 0.273. The molecule has 5 rings (SSSR count). The van der Waals surface area contributed by atoms with Gasteiger partial charge in [0.2, 0.25) is 15.9 Å². The third kappa shape index (κ3) is 3.43. The second kappa shape index (κ2) is 7.23. The zero-order valence-electron chi connectivity index (χ0n) is 16.3. The van der Waals surface area contributed by atoms with Gasteiger partial charge >= 0.3 is 0 Å². The SMILES string of the molecule is NS(=O)(=O)c1cccc2c1C(c1ccc(Oc3cccc4ccccc34)cc1)C(=O)N2. The van der Waals surface area contributed by atoms with Crippen LogP contribution in [-0.4, -0.2) is 14.3 Å². The number of rotatable bonds is 4. The molecular weight excluding hydrogens is 412 g/mol. The van der Waals surface area contributed by atoms with Gasteiger partial charge in [0.25, 0.3) is 0 Å². The van der Waals surface area contributed by atoms with E-state index >= 15 is 0 Å². The molecule has 1 amide bonds. The number of carbonyl (C=O) groups excluding carboxylic acids is 1. The molecule has 0 radical (unpaired) electrons. The van der Waals surface area contributed by atoms with Crippen LogP contribution in [0.2, 0.25) is 0 Å². The minimum absolute atomic E-state index is 0.0515. The first-order chi connectivity index (χ1) is 14.9. The van der Waals surface area contributed by atoms with E-state index in [4.69, 9.17) is 9.88 Å². The van der Waals surface area contributed by atoms with Gasteiger partial charge in [0.15, 0.2) is 0 Å². The molecule has 4 aromatic carbocycles. The van der Waals surface area contributed by atoms with Gasteiger partial charge in [-0.05, 0) is 41.3 Å². The average Bonchev–Trinajstić information content (AvgIpc) is 3.09. The van der Waals surface area contributed by atoms with Crippen molar-refractivity contribution in [1.29, 1.82) is 0 Å². The summed E-state index contributed by atoms with van der Waals surface area (Å²) >= 11 is 0. The zero-order valence-corrected chi connectivity index (χ0v) is 17.1. The highest BCUT2D eigenvalue weighted by Crippen LogP contribution is 2.41. The first-order valence-electron chi connectivity index (χ1n) is 9.64. The summed E-state index contributed by atoms with van der Waals surface area (Å²) in [5.41, 5.74) is 1.48. The number of hydrogen-bond donors (Lipinski definition) is 2. The van der Waals surface area contributed by atoms with Crippen LogP contribution in [0.25, 0.3) is 10.8 Å². The van der Waals surface area contributed by atoms with Crippen LogP contribution in [0, 0.1) is 0 Å². The number of fused-ring (bicyclic) bond motifs is 2. The van der Waals surface area contributed by atoms with Crippen LogP contribution in [0.15, 0.2) is 89.8 Å². The number of hydrogen-bond acceptors (Lipinski definition) is 4. The Labute approximate surface area is 179 Å². The molecule has 0 saturated carbocycles. The maximum atomic E-state index is 12.7. The molecule has 1 aliphatic heterocycles. The van der Waals surface area contributed by atoms with Gasteiger partial charge in [-0.15, -0.1) is 0 Å². The minimum Gasteiger partial charge on any atom is -0.457 e. The third-order valence-electron chi connectivity index (χ3n) is 5.37. The lowest BCUT2D eigenvalue weighted by Gasteiger charge is -2.14. The molecule has 1 heterocycles. The maximum absolute atomic E-state index is 12.7. The van der Waals surface area contributed by atoms with Crippen LogP contribution < -0.4 is 15.2 Å². The fourth-order valence-corrected chi connectivity index (χ4v) is 4.80. The lowest BCUT2D eigenvalue weighted by atomic mass is 9.92. The van der Waals surface area contributed by atoms with Crippen molar-refractivity contribution in [1.82, 2.24) is 0 Å². The number of nitrogens with one attached hydrogen (secondary N) is 1. The van der Waals surface area contributed by atoms with Crippen molar-refractivity contribution in [3.05, 3.63) is 96.1 Å². The Bertz CT molecular complexity index is 1420. The first-order valence-corrected chi connectivity index (χ1v) is 11.2. The van der Waals surface area contributed by atoms with Crippen molar-refractivity contribution in [3.8, 4) is 11.5 Å². The lowest BCUT2D eigenvalue weighted by Crippen LogP contribution is -2.17. The maximum Gasteiger partial charge on any atom is 0.238 e. The van der Waals surface area contributed by atoms with Crippen LogP contribution in [0.3, 0.4) is 0 Å². The highest BCUT2D eigenvalue weighted by Gasteiger charge is 2.36. The van der Waals surface area contributed by atoms with Gasteiger partial charge in [-0.1, -0.05) is 54.6 Å². The highest BCUT2D eigenvalue weighted by molar-refractivity contribution is 7.89. The molecule has 0 aliphatic carbocycles. The number of sulfonamides is 1. The molecule has 4 aromatic rings. The minimum atomic E-state index is -3.98. The summed E-state index contributed by atoms with van der Waals surface area (Å²) in [6.07, 6.45) is 0. The second-order valence-corrected chi connectivity index (χ2v) is 8.86. The molecule has 7 heteroatoms. The molecule has 0 fully saturated rings. The Morgan fingerprint density at radius 1 is 0.839 bits per heavy atom. The van der Waals surface area contributed by atoms with E-state index in [-0.39, 0.29) is 10.8 Å². The van der Waals surface area contributed by atoms with Crippen molar-refractivity contribution in [2.45, 2.75) is 10.8 Å². The summed E-state index contributed by atoms with van der Waals surface area (Å²) in [4.78, 5) is 12.6. The van der Waals surface area contributed by atoms with Gasteiger partial charge in [-0.3, -0.25) is 4.79 Å². The Morgan fingerprint density at radius 3 is 2.32 bits per heavy atom. The first kappa shape index (κ1) is 19.3. The molecule has 1 aliphatic rings. The molecule has 3 N–H and O–H groups in total. The Morgan fingerprint density at radius 2 is 1.55 bits per heavy atom.